The first-order chi connectivity index (χ1) is 28.7. The molecule has 3 N–H and O–H groups in total. The zero-order valence-corrected chi connectivity index (χ0v) is 38.0. The molecule has 1 aliphatic carbocycles. The number of carbonyl (C=O) groups is 2. The number of rotatable bonds is 9. The van der Waals surface area contributed by atoms with E-state index < -0.39 is 101 Å². The molecular formula is C45H67NO14S. The Kier molecular flexibility index (Phi) is 15.0. The maximum absolute atomic E-state index is 14.3. The Labute approximate surface area is 361 Å². The van der Waals surface area contributed by atoms with Gasteiger partial charge in [0.05, 0.1) is 37.1 Å². The number of amides is 1. The minimum absolute atomic E-state index is 0.0106. The minimum atomic E-state index is -4.47. The van der Waals surface area contributed by atoms with Gasteiger partial charge in [0, 0.05) is 44.1 Å². The van der Waals surface area contributed by atoms with Crippen LogP contribution in [-0.2, 0) is 57.2 Å². The van der Waals surface area contributed by atoms with Crippen molar-refractivity contribution in [3.05, 3.63) is 59.3 Å². The Morgan fingerprint density at radius 1 is 1.05 bits per heavy atom. The van der Waals surface area contributed by atoms with Crippen molar-refractivity contribution in [1.29, 1.82) is 0 Å². The highest BCUT2D eigenvalue weighted by Crippen LogP contribution is 2.47. The molecule has 5 heterocycles. The molecule has 2 bridgehead atoms. The molecule has 3 saturated heterocycles. The summed E-state index contributed by atoms with van der Waals surface area (Å²) in [6.07, 6.45) is 7.72. The molecule has 0 aromatic carbocycles. The van der Waals surface area contributed by atoms with Crippen LogP contribution in [0.5, 0.6) is 0 Å². The number of esters is 1. The summed E-state index contributed by atoms with van der Waals surface area (Å²) in [6, 6.07) is 0. The molecule has 1 spiro atoms. The van der Waals surface area contributed by atoms with E-state index in [0.29, 0.717) is 24.0 Å². The lowest BCUT2D eigenvalue weighted by molar-refractivity contribution is -0.300. The molecule has 6 rings (SSSR count). The molecule has 0 aromatic heterocycles. The van der Waals surface area contributed by atoms with Gasteiger partial charge < -0.3 is 43.4 Å². The summed E-state index contributed by atoms with van der Waals surface area (Å²) in [6.45, 7) is 16.8. The van der Waals surface area contributed by atoms with E-state index in [0.717, 1.165) is 12.0 Å². The van der Waals surface area contributed by atoms with Crippen molar-refractivity contribution >= 4 is 22.2 Å². The number of allylic oxidation sites excluding steroid dienone is 2. The van der Waals surface area contributed by atoms with Crippen LogP contribution in [0, 0.1) is 29.6 Å². The van der Waals surface area contributed by atoms with Crippen molar-refractivity contribution in [2.45, 2.75) is 167 Å². The summed E-state index contributed by atoms with van der Waals surface area (Å²) >= 11 is 0. The van der Waals surface area contributed by atoms with Crippen LogP contribution in [0.15, 0.2) is 59.3 Å². The van der Waals surface area contributed by atoms with Gasteiger partial charge in [-0.2, -0.15) is 8.42 Å². The van der Waals surface area contributed by atoms with Gasteiger partial charge in [-0.15, -0.1) is 0 Å². The molecule has 15 nitrogen and oxygen atoms in total. The summed E-state index contributed by atoms with van der Waals surface area (Å²) in [5.74, 6) is -4.10. The van der Waals surface area contributed by atoms with E-state index in [-0.39, 0.29) is 43.3 Å². The van der Waals surface area contributed by atoms with Gasteiger partial charge in [0.25, 0.3) is 0 Å². The predicted molar refractivity (Wildman–Crippen MR) is 223 cm³/mol. The van der Waals surface area contributed by atoms with Gasteiger partial charge in [0.2, 0.25) is 5.91 Å². The summed E-state index contributed by atoms with van der Waals surface area (Å²) in [7, 11) is -3.02. The van der Waals surface area contributed by atoms with Crippen LogP contribution in [0.25, 0.3) is 0 Å². The van der Waals surface area contributed by atoms with Crippen molar-refractivity contribution < 1.29 is 65.6 Å². The summed E-state index contributed by atoms with van der Waals surface area (Å²) in [4.78, 5) is 26.5. The van der Waals surface area contributed by atoms with Crippen molar-refractivity contribution in [3.63, 3.8) is 0 Å². The molecule has 61 heavy (non-hydrogen) atoms. The topological polar surface area (TPSA) is 195 Å². The van der Waals surface area contributed by atoms with Gasteiger partial charge in [-0.3, -0.25) is 9.59 Å². The third kappa shape index (κ3) is 10.3. The third-order valence-corrected chi connectivity index (χ3v) is 14.2. The highest BCUT2D eigenvalue weighted by atomic mass is 32.2. The van der Waals surface area contributed by atoms with Crippen LogP contribution < -0.4 is 4.72 Å². The van der Waals surface area contributed by atoms with Crippen LogP contribution in [0.2, 0.25) is 0 Å². The SMILES string of the molecule is CCC(C)[C@H]1O[C@]2(C=C[C@@H]1C)C[C@@H]1C[C@@H](C/C=C(\C)[C@@H](O[C@H]3C[C@H](OC)C(OS(=O)(=O)NC(=O)C(C)C)[C@H](C)O3)[C@@H](C)/C=C/C=C3\COC4[C@H](O)C(C)=C[C@@H](C(=O)O1)[C@]34O)O2. The van der Waals surface area contributed by atoms with E-state index in [1.54, 1.807) is 45.9 Å². The van der Waals surface area contributed by atoms with E-state index in [9.17, 15) is 28.2 Å². The number of aliphatic hydroxyl groups is 2. The molecule has 3 unspecified atom stereocenters. The number of nitrogens with one attached hydrogen (secondary N) is 1. The molecule has 3 fully saturated rings. The Morgan fingerprint density at radius 3 is 2.48 bits per heavy atom. The zero-order chi connectivity index (χ0) is 44.6. The number of fused-ring (bicyclic) bond motifs is 2. The Balaban J connectivity index is 1.33. The number of carbonyl (C=O) groups excluding carboxylic acids is 2. The highest BCUT2D eigenvalue weighted by Gasteiger charge is 2.60. The first-order valence-electron chi connectivity index (χ1n) is 21.8. The van der Waals surface area contributed by atoms with Crippen molar-refractivity contribution in [2.24, 2.45) is 29.6 Å². The maximum Gasteiger partial charge on any atom is 0.362 e. The summed E-state index contributed by atoms with van der Waals surface area (Å²) in [5.41, 5.74) is -0.0838. The number of ether oxygens (including phenoxy) is 7. The Bertz CT molecular complexity index is 1880. The molecule has 1 amide bonds. The number of aliphatic hydroxyl groups excluding tert-OH is 1. The van der Waals surface area contributed by atoms with Gasteiger partial charge >= 0.3 is 16.3 Å². The lowest BCUT2D eigenvalue weighted by Crippen LogP contribution is -2.58. The van der Waals surface area contributed by atoms with Crippen molar-refractivity contribution in [3.8, 4) is 0 Å². The lowest BCUT2D eigenvalue weighted by atomic mass is 9.71. The molecule has 16 heteroatoms. The minimum Gasteiger partial charge on any atom is -0.462 e. The Hall–Kier alpha value is -2.77. The molecule has 342 valence electrons. The average molecular weight is 878 g/mol. The van der Waals surface area contributed by atoms with E-state index in [1.165, 1.54) is 7.11 Å². The van der Waals surface area contributed by atoms with Crippen LogP contribution in [0.3, 0.4) is 0 Å². The Morgan fingerprint density at radius 2 is 1.79 bits per heavy atom. The third-order valence-electron chi connectivity index (χ3n) is 13.2. The van der Waals surface area contributed by atoms with Crippen LogP contribution in [0.4, 0.5) is 0 Å². The van der Waals surface area contributed by atoms with E-state index in [1.807, 2.05) is 30.7 Å². The maximum atomic E-state index is 14.3. The number of hydrogen-bond acceptors (Lipinski definition) is 14. The van der Waals surface area contributed by atoms with Crippen LogP contribution >= 0.6 is 0 Å². The highest BCUT2D eigenvalue weighted by molar-refractivity contribution is 7.85. The second-order valence-electron chi connectivity index (χ2n) is 18.2. The van der Waals surface area contributed by atoms with Crippen molar-refractivity contribution in [1.82, 2.24) is 4.72 Å². The molecule has 0 aromatic rings. The van der Waals surface area contributed by atoms with E-state index >= 15 is 0 Å². The van der Waals surface area contributed by atoms with E-state index in [2.05, 4.69) is 32.9 Å². The summed E-state index contributed by atoms with van der Waals surface area (Å²) in [5, 5.41) is 23.6. The quantitative estimate of drug-likeness (QED) is 0.210. The van der Waals surface area contributed by atoms with Gasteiger partial charge in [-0.25, -0.2) is 8.91 Å². The predicted octanol–water partition coefficient (Wildman–Crippen LogP) is 4.88. The molecular weight excluding hydrogens is 811 g/mol. The van der Waals surface area contributed by atoms with Gasteiger partial charge in [0.1, 0.15) is 35.9 Å². The molecule has 0 saturated carbocycles. The fraction of sp³-hybridized carbons (Fsp3) is 0.733. The average Bonchev–Trinajstić information content (AvgIpc) is 3.54. The van der Waals surface area contributed by atoms with Crippen LogP contribution in [0.1, 0.15) is 94.4 Å². The van der Waals surface area contributed by atoms with Gasteiger partial charge in [-0.1, -0.05) is 84.4 Å². The van der Waals surface area contributed by atoms with Crippen molar-refractivity contribution in [2.75, 3.05) is 13.7 Å². The van der Waals surface area contributed by atoms with Gasteiger partial charge in [-0.05, 0) is 55.9 Å². The standard InChI is InChI=1S/C45H67NO14S/c1-11-25(4)39-28(7)17-18-44(59-39)22-33-20-32(58-44)16-15-27(6)38(57-36-21-35(53-10)40(30(9)55-36)60-61(51,52)46-42(48)24(2)3)26(5)13-12-14-31-23-54-41-37(47)29(8)19-34(43(49)56-33)45(31,41)50/h12-15,17-19,24-26,28,30,32-41,47,50H,11,16,20-23H2,1-10H3,(H,46,48)/b13-12+,27-15+,31-14+/t25?,26-,28-,30-,32+,33-,34-,35-,36-,37+,38-,39+,40?,41?,44+,45+/m0/s1. The molecule has 0 radical (unpaired) electrons. The fourth-order valence-electron chi connectivity index (χ4n) is 9.41. The normalized spacial score (nSPS) is 43.6. The number of methoxy groups -OCH3 is 1. The zero-order valence-electron chi connectivity index (χ0n) is 37.1. The molecule has 5 aliphatic heterocycles. The fourth-order valence-corrected chi connectivity index (χ4v) is 10.5. The number of hydrogen-bond donors (Lipinski definition) is 3. The monoisotopic (exact) mass is 877 g/mol. The summed E-state index contributed by atoms with van der Waals surface area (Å²) < 4.78 is 77.8. The second-order valence-corrected chi connectivity index (χ2v) is 19.5. The lowest BCUT2D eigenvalue weighted by Gasteiger charge is -2.48. The molecule has 6 aliphatic rings. The largest absolute Gasteiger partial charge is 0.462 e. The second kappa shape index (κ2) is 19.1. The van der Waals surface area contributed by atoms with E-state index in [4.69, 9.17) is 37.3 Å². The molecule has 16 atom stereocenters. The first kappa shape index (κ1) is 47.7. The van der Waals surface area contributed by atoms with Crippen LogP contribution in [-0.4, -0.2) is 117 Å². The first-order valence-corrected chi connectivity index (χ1v) is 23.2. The van der Waals surface area contributed by atoms with Gasteiger partial charge in [0.15, 0.2) is 12.1 Å². The smallest absolute Gasteiger partial charge is 0.362 e.